The molecular formula is C13H21N. The van der Waals surface area contributed by atoms with E-state index < -0.39 is 0 Å². The zero-order valence-electron chi connectivity index (χ0n) is 9.94. The van der Waals surface area contributed by atoms with E-state index in [0.29, 0.717) is 0 Å². The Balaban J connectivity index is 3.05. The second-order valence-corrected chi connectivity index (χ2v) is 4.79. The van der Waals surface area contributed by atoms with Crippen molar-refractivity contribution in [1.82, 2.24) is 5.32 Å². The molecule has 0 fully saturated rings. The molecule has 0 atom stereocenters. The van der Waals surface area contributed by atoms with Crippen LogP contribution in [0.5, 0.6) is 0 Å². The smallest absolute Gasteiger partial charge is 0.00401 e. The van der Waals surface area contributed by atoms with E-state index in [9.17, 15) is 0 Å². The standard InChI is InChI=1S/C13H21N/c1-10-6-11(2)8-12(7-10)13(3,4)9-14-5/h6-8,14H,9H2,1-5H3. The van der Waals surface area contributed by atoms with Crippen LogP contribution in [0.15, 0.2) is 18.2 Å². The molecule has 14 heavy (non-hydrogen) atoms. The number of rotatable bonds is 3. The van der Waals surface area contributed by atoms with Gasteiger partial charge in [-0.15, -0.1) is 0 Å². The van der Waals surface area contributed by atoms with Crippen molar-refractivity contribution in [2.24, 2.45) is 0 Å². The first-order valence-electron chi connectivity index (χ1n) is 5.19. The summed E-state index contributed by atoms with van der Waals surface area (Å²) in [5, 5.41) is 3.25. The Hall–Kier alpha value is -0.820. The van der Waals surface area contributed by atoms with Crippen LogP contribution < -0.4 is 5.32 Å². The molecule has 1 aromatic carbocycles. The van der Waals surface area contributed by atoms with E-state index in [1.807, 2.05) is 7.05 Å². The van der Waals surface area contributed by atoms with E-state index in [1.54, 1.807) is 0 Å². The minimum atomic E-state index is 0.214. The van der Waals surface area contributed by atoms with Crippen LogP contribution in [0.25, 0.3) is 0 Å². The van der Waals surface area contributed by atoms with Crippen LogP contribution in [0.4, 0.5) is 0 Å². The van der Waals surface area contributed by atoms with Crippen LogP contribution in [0, 0.1) is 13.8 Å². The lowest BCUT2D eigenvalue weighted by molar-refractivity contribution is 0.493. The topological polar surface area (TPSA) is 12.0 Å². The summed E-state index contributed by atoms with van der Waals surface area (Å²) in [6.07, 6.45) is 0. The molecule has 1 aromatic rings. The molecule has 1 nitrogen and oxygen atoms in total. The van der Waals surface area contributed by atoms with Gasteiger partial charge in [0.15, 0.2) is 0 Å². The fraction of sp³-hybridized carbons (Fsp3) is 0.538. The van der Waals surface area contributed by atoms with Gasteiger partial charge < -0.3 is 5.32 Å². The van der Waals surface area contributed by atoms with Crippen LogP contribution in [0.2, 0.25) is 0 Å². The van der Waals surface area contributed by atoms with Crippen molar-refractivity contribution in [2.75, 3.05) is 13.6 Å². The molecule has 0 aliphatic rings. The van der Waals surface area contributed by atoms with Crippen molar-refractivity contribution in [3.8, 4) is 0 Å². The number of hydrogen-bond donors (Lipinski definition) is 1. The molecule has 0 saturated carbocycles. The highest BCUT2D eigenvalue weighted by molar-refractivity contribution is 5.33. The quantitative estimate of drug-likeness (QED) is 0.774. The van der Waals surface area contributed by atoms with Gasteiger partial charge in [-0.05, 0) is 26.5 Å². The third-order valence-corrected chi connectivity index (χ3v) is 2.62. The molecule has 0 aliphatic heterocycles. The molecule has 0 heterocycles. The lowest BCUT2D eigenvalue weighted by Crippen LogP contribution is -2.30. The summed E-state index contributed by atoms with van der Waals surface area (Å²) in [4.78, 5) is 0. The second-order valence-electron chi connectivity index (χ2n) is 4.79. The number of nitrogens with one attached hydrogen (secondary N) is 1. The number of likely N-dealkylation sites (N-methyl/N-ethyl adjacent to an activating group) is 1. The molecule has 0 unspecified atom stereocenters. The summed E-state index contributed by atoms with van der Waals surface area (Å²) in [5.41, 5.74) is 4.34. The van der Waals surface area contributed by atoms with Gasteiger partial charge in [-0.25, -0.2) is 0 Å². The van der Waals surface area contributed by atoms with E-state index in [-0.39, 0.29) is 5.41 Å². The molecule has 0 aromatic heterocycles. The lowest BCUT2D eigenvalue weighted by atomic mass is 9.83. The molecular weight excluding hydrogens is 170 g/mol. The predicted molar refractivity (Wildman–Crippen MR) is 62.9 cm³/mol. The Morgan fingerprint density at radius 2 is 1.57 bits per heavy atom. The van der Waals surface area contributed by atoms with Gasteiger partial charge in [0.25, 0.3) is 0 Å². The predicted octanol–water partition coefficient (Wildman–Crippen LogP) is 2.80. The van der Waals surface area contributed by atoms with Crippen molar-refractivity contribution in [1.29, 1.82) is 0 Å². The molecule has 1 rings (SSSR count). The van der Waals surface area contributed by atoms with E-state index in [2.05, 4.69) is 51.2 Å². The van der Waals surface area contributed by atoms with Crippen LogP contribution in [-0.4, -0.2) is 13.6 Å². The maximum Gasteiger partial charge on any atom is 0.00401 e. The van der Waals surface area contributed by atoms with Crippen LogP contribution in [0.3, 0.4) is 0 Å². The molecule has 1 heteroatoms. The highest BCUT2D eigenvalue weighted by atomic mass is 14.8. The van der Waals surface area contributed by atoms with Gasteiger partial charge in [0, 0.05) is 12.0 Å². The SMILES string of the molecule is CNCC(C)(C)c1cc(C)cc(C)c1. The Bertz CT molecular complexity index is 293. The molecule has 0 bridgehead atoms. The van der Waals surface area contributed by atoms with Gasteiger partial charge in [-0.1, -0.05) is 43.2 Å². The summed E-state index contributed by atoms with van der Waals surface area (Å²) in [5.74, 6) is 0. The first kappa shape index (κ1) is 11.3. The van der Waals surface area contributed by atoms with Crippen LogP contribution in [-0.2, 0) is 5.41 Å². The second kappa shape index (κ2) is 4.14. The number of aryl methyl sites for hydroxylation is 2. The summed E-state index contributed by atoms with van der Waals surface area (Å²) < 4.78 is 0. The Morgan fingerprint density at radius 1 is 1.07 bits per heavy atom. The summed E-state index contributed by atoms with van der Waals surface area (Å²) >= 11 is 0. The van der Waals surface area contributed by atoms with Crippen molar-refractivity contribution in [2.45, 2.75) is 33.1 Å². The zero-order valence-corrected chi connectivity index (χ0v) is 9.94. The normalized spacial score (nSPS) is 11.8. The Morgan fingerprint density at radius 3 is 2.00 bits per heavy atom. The van der Waals surface area contributed by atoms with Gasteiger partial charge in [0.05, 0.1) is 0 Å². The fourth-order valence-electron chi connectivity index (χ4n) is 1.91. The highest BCUT2D eigenvalue weighted by Gasteiger charge is 2.19. The molecule has 1 N–H and O–H groups in total. The number of hydrogen-bond acceptors (Lipinski definition) is 1. The maximum absolute atomic E-state index is 3.25. The summed E-state index contributed by atoms with van der Waals surface area (Å²) in [6, 6.07) is 6.79. The molecule has 0 saturated heterocycles. The Kier molecular flexibility index (Phi) is 3.33. The number of benzene rings is 1. The maximum atomic E-state index is 3.25. The molecule has 78 valence electrons. The van der Waals surface area contributed by atoms with Crippen molar-refractivity contribution < 1.29 is 0 Å². The lowest BCUT2D eigenvalue weighted by Gasteiger charge is -2.25. The monoisotopic (exact) mass is 191 g/mol. The molecule has 0 radical (unpaired) electrons. The molecule has 0 aliphatic carbocycles. The van der Waals surface area contributed by atoms with Gasteiger partial charge in [0.2, 0.25) is 0 Å². The largest absolute Gasteiger partial charge is 0.319 e. The zero-order chi connectivity index (χ0) is 10.8. The fourth-order valence-corrected chi connectivity index (χ4v) is 1.91. The van der Waals surface area contributed by atoms with Gasteiger partial charge in [-0.2, -0.15) is 0 Å². The first-order chi connectivity index (χ1) is 6.45. The average molecular weight is 191 g/mol. The van der Waals surface area contributed by atoms with Gasteiger partial charge >= 0.3 is 0 Å². The summed E-state index contributed by atoms with van der Waals surface area (Å²) in [6.45, 7) is 9.88. The molecule has 0 amide bonds. The minimum Gasteiger partial charge on any atom is -0.319 e. The minimum absolute atomic E-state index is 0.214. The highest BCUT2D eigenvalue weighted by Crippen LogP contribution is 2.24. The van der Waals surface area contributed by atoms with Gasteiger partial charge in [-0.3, -0.25) is 0 Å². The van der Waals surface area contributed by atoms with E-state index in [4.69, 9.17) is 0 Å². The first-order valence-corrected chi connectivity index (χ1v) is 5.19. The van der Waals surface area contributed by atoms with E-state index >= 15 is 0 Å². The van der Waals surface area contributed by atoms with Crippen LogP contribution in [0.1, 0.15) is 30.5 Å². The van der Waals surface area contributed by atoms with Crippen LogP contribution >= 0.6 is 0 Å². The van der Waals surface area contributed by atoms with Crippen molar-refractivity contribution in [3.63, 3.8) is 0 Å². The third-order valence-electron chi connectivity index (χ3n) is 2.62. The molecule has 0 spiro atoms. The van der Waals surface area contributed by atoms with Crippen molar-refractivity contribution >= 4 is 0 Å². The average Bonchev–Trinajstić information content (AvgIpc) is 2.02. The van der Waals surface area contributed by atoms with Gasteiger partial charge in [0.1, 0.15) is 0 Å². The van der Waals surface area contributed by atoms with E-state index in [1.165, 1.54) is 16.7 Å². The third kappa shape index (κ3) is 2.58. The summed E-state index contributed by atoms with van der Waals surface area (Å²) in [7, 11) is 2.00. The van der Waals surface area contributed by atoms with Crippen molar-refractivity contribution in [3.05, 3.63) is 34.9 Å². The Labute approximate surface area is 87.5 Å². The van der Waals surface area contributed by atoms with E-state index in [0.717, 1.165) is 6.54 Å².